The quantitative estimate of drug-likeness (QED) is 0.753. The molecule has 0 radical (unpaired) electrons. The molecule has 0 bridgehead atoms. The fourth-order valence-corrected chi connectivity index (χ4v) is 1.50. The fourth-order valence-electron chi connectivity index (χ4n) is 1.26. The lowest BCUT2D eigenvalue weighted by Gasteiger charge is -1.91. The number of benzene rings is 1. The average molecular weight is 208 g/mol. The maximum Gasteiger partial charge on any atom is 0.228 e. The molecule has 1 heterocycles. The topological polar surface area (TPSA) is 26.0 Å². The van der Waals surface area contributed by atoms with Crippen LogP contribution in [0.15, 0.2) is 34.7 Å². The Balaban J connectivity index is 2.43. The SMILES string of the molecule is CCc1nc(-c2ccccc2)oc1Cl. The molecule has 0 amide bonds. The Hall–Kier alpha value is -1.28. The van der Waals surface area contributed by atoms with Crippen molar-refractivity contribution in [2.45, 2.75) is 13.3 Å². The first-order valence-corrected chi connectivity index (χ1v) is 4.89. The number of aromatic nitrogens is 1. The van der Waals surface area contributed by atoms with E-state index in [1.165, 1.54) is 0 Å². The van der Waals surface area contributed by atoms with Crippen molar-refractivity contribution in [2.24, 2.45) is 0 Å². The molecule has 2 aromatic rings. The molecule has 72 valence electrons. The van der Waals surface area contributed by atoms with Crippen LogP contribution in [0.25, 0.3) is 11.5 Å². The summed E-state index contributed by atoms with van der Waals surface area (Å²) in [5.41, 5.74) is 1.76. The summed E-state index contributed by atoms with van der Waals surface area (Å²) in [6.07, 6.45) is 0.787. The standard InChI is InChI=1S/C11H10ClNO/c1-2-9-10(12)14-11(13-9)8-6-4-3-5-7-8/h3-7H,2H2,1H3. The van der Waals surface area contributed by atoms with Crippen molar-refractivity contribution in [1.82, 2.24) is 4.98 Å². The van der Waals surface area contributed by atoms with Gasteiger partial charge in [0.05, 0.1) is 5.69 Å². The maximum absolute atomic E-state index is 5.87. The van der Waals surface area contributed by atoms with E-state index in [9.17, 15) is 0 Å². The zero-order chi connectivity index (χ0) is 9.97. The normalized spacial score (nSPS) is 10.4. The largest absolute Gasteiger partial charge is 0.424 e. The number of halogens is 1. The summed E-state index contributed by atoms with van der Waals surface area (Å²) in [6, 6.07) is 9.73. The highest BCUT2D eigenvalue weighted by Crippen LogP contribution is 2.25. The molecule has 0 saturated carbocycles. The van der Waals surface area contributed by atoms with E-state index in [0.717, 1.165) is 17.7 Å². The first kappa shape index (κ1) is 9.28. The molecule has 0 aliphatic rings. The molecule has 0 aliphatic carbocycles. The molecule has 14 heavy (non-hydrogen) atoms. The maximum atomic E-state index is 5.87. The molecule has 0 fully saturated rings. The van der Waals surface area contributed by atoms with Crippen molar-refractivity contribution < 1.29 is 4.42 Å². The van der Waals surface area contributed by atoms with Gasteiger partial charge in [0.2, 0.25) is 11.1 Å². The Bertz CT molecular complexity index is 422. The van der Waals surface area contributed by atoms with Crippen molar-refractivity contribution in [3.05, 3.63) is 41.2 Å². The van der Waals surface area contributed by atoms with Gasteiger partial charge in [-0.1, -0.05) is 25.1 Å². The Morgan fingerprint density at radius 1 is 1.29 bits per heavy atom. The number of aryl methyl sites for hydroxylation is 1. The first-order valence-electron chi connectivity index (χ1n) is 4.52. The summed E-state index contributed by atoms with van der Waals surface area (Å²) in [6.45, 7) is 2.00. The number of oxazole rings is 1. The zero-order valence-corrected chi connectivity index (χ0v) is 8.58. The first-order chi connectivity index (χ1) is 6.81. The Morgan fingerprint density at radius 2 is 2.00 bits per heavy atom. The van der Waals surface area contributed by atoms with E-state index in [0.29, 0.717) is 11.1 Å². The molecule has 0 aliphatic heterocycles. The molecule has 1 aromatic carbocycles. The third-order valence-electron chi connectivity index (χ3n) is 2.01. The summed E-state index contributed by atoms with van der Waals surface area (Å²) in [7, 11) is 0. The van der Waals surface area contributed by atoms with E-state index in [-0.39, 0.29) is 0 Å². The van der Waals surface area contributed by atoms with E-state index >= 15 is 0 Å². The molecule has 3 heteroatoms. The minimum atomic E-state index is 0.395. The molecule has 0 N–H and O–H groups in total. The van der Waals surface area contributed by atoms with Gasteiger partial charge in [-0.3, -0.25) is 0 Å². The second kappa shape index (κ2) is 3.84. The van der Waals surface area contributed by atoms with Crippen LogP contribution in [0.2, 0.25) is 5.22 Å². The van der Waals surface area contributed by atoms with Gasteiger partial charge in [0.25, 0.3) is 0 Å². The Kier molecular flexibility index (Phi) is 2.55. The number of rotatable bonds is 2. The smallest absolute Gasteiger partial charge is 0.228 e. The van der Waals surface area contributed by atoms with Crippen molar-refractivity contribution in [1.29, 1.82) is 0 Å². The van der Waals surface area contributed by atoms with Gasteiger partial charge in [0.15, 0.2) is 0 Å². The van der Waals surface area contributed by atoms with E-state index in [1.807, 2.05) is 37.3 Å². The van der Waals surface area contributed by atoms with Gasteiger partial charge in [-0.05, 0) is 30.2 Å². The van der Waals surface area contributed by atoms with Gasteiger partial charge < -0.3 is 4.42 Å². The molecule has 0 atom stereocenters. The second-order valence-electron chi connectivity index (χ2n) is 2.96. The predicted molar refractivity (Wildman–Crippen MR) is 56.3 cm³/mol. The van der Waals surface area contributed by atoms with Crippen LogP contribution in [0, 0.1) is 0 Å². The monoisotopic (exact) mass is 207 g/mol. The minimum absolute atomic E-state index is 0.395. The summed E-state index contributed by atoms with van der Waals surface area (Å²) in [5.74, 6) is 0.590. The van der Waals surface area contributed by atoms with Crippen molar-refractivity contribution in [3.8, 4) is 11.5 Å². The molecule has 2 nitrogen and oxygen atoms in total. The van der Waals surface area contributed by atoms with Crippen LogP contribution >= 0.6 is 11.6 Å². The highest BCUT2D eigenvalue weighted by molar-refractivity contribution is 6.29. The zero-order valence-electron chi connectivity index (χ0n) is 7.83. The number of hydrogen-bond donors (Lipinski definition) is 0. The number of nitrogens with zero attached hydrogens (tertiary/aromatic N) is 1. The molecule has 0 spiro atoms. The van der Waals surface area contributed by atoms with E-state index in [2.05, 4.69) is 4.98 Å². The van der Waals surface area contributed by atoms with Crippen LogP contribution in [0.4, 0.5) is 0 Å². The van der Waals surface area contributed by atoms with Gasteiger partial charge in [0.1, 0.15) is 0 Å². The van der Waals surface area contributed by atoms with Gasteiger partial charge in [0, 0.05) is 5.56 Å². The molecule has 2 rings (SSSR count). The molecule has 1 aromatic heterocycles. The highest BCUT2D eigenvalue weighted by atomic mass is 35.5. The lowest BCUT2D eigenvalue weighted by molar-refractivity contribution is 0.575. The van der Waals surface area contributed by atoms with E-state index < -0.39 is 0 Å². The van der Waals surface area contributed by atoms with Gasteiger partial charge in [-0.2, -0.15) is 0 Å². The van der Waals surface area contributed by atoms with Gasteiger partial charge in [-0.15, -0.1) is 0 Å². The van der Waals surface area contributed by atoms with Crippen LogP contribution in [-0.2, 0) is 6.42 Å². The van der Waals surface area contributed by atoms with E-state index in [4.69, 9.17) is 16.0 Å². The third-order valence-corrected chi connectivity index (χ3v) is 2.30. The molecular formula is C11H10ClNO. The van der Waals surface area contributed by atoms with Crippen LogP contribution < -0.4 is 0 Å². The van der Waals surface area contributed by atoms with E-state index in [1.54, 1.807) is 0 Å². The van der Waals surface area contributed by atoms with Gasteiger partial charge in [-0.25, -0.2) is 4.98 Å². The van der Waals surface area contributed by atoms with Crippen molar-refractivity contribution >= 4 is 11.6 Å². The Labute approximate surface area is 87.5 Å². The summed E-state index contributed by atoms with van der Waals surface area (Å²) in [4.78, 5) is 4.30. The van der Waals surface area contributed by atoms with Crippen LogP contribution in [-0.4, -0.2) is 4.98 Å². The second-order valence-corrected chi connectivity index (χ2v) is 3.30. The van der Waals surface area contributed by atoms with Crippen LogP contribution in [0.3, 0.4) is 0 Å². The number of hydrogen-bond acceptors (Lipinski definition) is 2. The van der Waals surface area contributed by atoms with Crippen molar-refractivity contribution in [2.75, 3.05) is 0 Å². The average Bonchev–Trinajstić information content (AvgIpc) is 2.61. The summed E-state index contributed by atoms with van der Waals surface area (Å²) >= 11 is 5.87. The molecule has 0 unspecified atom stereocenters. The lowest BCUT2D eigenvalue weighted by atomic mass is 10.2. The lowest BCUT2D eigenvalue weighted by Crippen LogP contribution is -1.80. The van der Waals surface area contributed by atoms with Crippen LogP contribution in [0.5, 0.6) is 0 Å². The summed E-state index contributed by atoms with van der Waals surface area (Å²) in [5, 5.41) is 0.395. The highest BCUT2D eigenvalue weighted by Gasteiger charge is 2.10. The molecular weight excluding hydrogens is 198 g/mol. The fraction of sp³-hybridized carbons (Fsp3) is 0.182. The minimum Gasteiger partial charge on any atom is -0.424 e. The predicted octanol–water partition coefficient (Wildman–Crippen LogP) is 3.56. The summed E-state index contributed by atoms with van der Waals surface area (Å²) < 4.78 is 5.35. The third kappa shape index (κ3) is 1.66. The van der Waals surface area contributed by atoms with Crippen LogP contribution in [0.1, 0.15) is 12.6 Å². The Morgan fingerprint density at radius 3 is 2.57 bits per heavy atom. The van der Waals surface area contributed by atoms with Gasteiger partial charge >= 0.3 is 0 Å². The van der Waals surface area contributed by atoms with Crippen molar-refractivity contribution in [3.63, 3.8) is 0 Å². The molecule has 0 saturated heterocycles.